The second-order valence-corrected chi connectivity index (χ2v) is 6.66. The SMILES string of the molecule is Cc1cc(N2CCC[C@@H](c3noc(C(C)C)n3)C2)n2ncnc2n1. The smallest absolute Gasteiger partial charge is 0.254 e. The van der Waals surface area contributed by atoms with Gasteiger partial charge in [-0.05, 0) is 19.8 Å². The lowest BCUT2D eigenvalue weighted by molar-refractivity contribution is 0.354. The number of aryl methyl sites for hydroxylation is 1. The third kappa shape index (κ3) is 2.61. The Labute approximate surface area is 139 Å². The van der Waals surface area contributed by atoms with E-state index in [4.69, 9.17) is 4.52 Å². The molecule has 0 unspecified atom stereocenters. The van der Waals surface area contributed by atoms with Gasteiger partial charge < -0.3 is 9.42 Å². The van der Waals surface area contributed by atoms with Crippen molar-refractivity contribution in [3.63, 3.8) is 0 Å². The van der Waals surface area contributed by atoms with Gasteiger partial charge >= 0.3 is 0 Å². The summed E-state index contributed by atoms with van der Waals surface area (Å²) in [6.07, 6.45) is 3.69. The standard InChI is InChI=1S/C16H21N7O/c1-10(2)15-20-14(21-24-15)12-5-4-6-22(8-12)13-7-11(3)19-16-17-9-18-23(13)16/h7,9-10,12H,4-6,8H2,1-3H3/t12-/m1/s1. The zero-order chi connectivity index (χ0) is 16.7. The fourth-order valence-corrected chi connectivity index (χ4v) is 3.18. The van der Waals surface area contributed by atoms with Crippen LogP contribution in [0, 0.1) is 6.92 Å². The molecule has 3 aromatic rings. The van der Waals surface area contributed by atoms with Crippen LogP contribution in [-0.2, 0) is 0 Å². The molecule has 0 aliphatic carbocycles. The molecule has 0 saturated carbocycles. The molecule has 4 rings (SSSR count). The molecule has 0 aromatic carbocycles. The molecule has 1 fully saturated rings. The topological polar surface area (TPSA) is 85.2 Å². The lowest BCUT2D eigenvalue weighted by Crippen LogP contribution is -2.36. The van der Waals surface area contributed by atoms with Crippen LogP contribution in [0.1, 0.15) is 55.9 Å². The van der Waals surface area contributed by atoms with E-state index in [2.05, 4.69) is 50.0 Å². The molecule has 1 aliphatic rings. The van der Waals surface area contributed by atoms with Gasteiger partial charge in [0, 0.05) is 36.7 Å². The molecule has 0 amide bonds. The van der Waals surface area contributed by atoms with Crippen molar-refractivity contribution in [2.45, 2.75) is 45.4 Å². The minimum Gasteiger partial charge on any atom is -0.356 e. The Balaban J connectivity index is 1.63. The number of anilines is 1. The van der Waals surface area contributed by atoms with E-state index in [-0.39, 0.29) is 11.8 Å². The number of nitrogens with zero attached hydrogens (tertiary/aromatic N) is 7. The van der Waals surface area contributed by atoms with Gasteiger partial charge in [-0.15, -0.1) is 0 Å². The van der Waals surface area contributed by atoms with Crippen LogP contribution >= 0.6 is 0 Å². The predicted octanol–water partition coefficient (Wildman–Crippen LogP) is 2.32. The summed E-state index contributed by atoms with van der Waals surface area (Å²) in [5.74, 6) is 3.69. The largest absolute Gasteiger partial charge is 0.356 e. The van der Waals surface area contributed by atoms with Crippen LogP contribution in [0.25, 0.3) is 5.78 Å². The van der Waals surface area contributed by atoms with Crippen molar-refractivity contribution in [2.75, 3.05) is 18.0 Å². The quantitative estimate of drug-likeness (QED) is 0.729. The Morgan fingerprint density at radius 2 is 2.17 bits per heavy atom. The average Bonchev–Trinajstić information content (AvgIpc) is 3.23. The maximum atomic E-state index is 5.38. The van der Waals surface area contributed by atoms with Gasteiger partial charge in [-0.3, -0.25) is 0 Å². The monoisotopic (exact) mass is 327 g/mol. The molecule has 8 nitrogen and oxygen atoms in total. The second-order valence-electron chi connectivity index (χ2n) is 6.66. The first-order valence-electron chi connectivity index (χ1n) is 8.37. The van der Waals surface area contributed by atoms with Crippen molar-refractivity contribution < 1.29 is 4.52 Å². The minimum absolute atomic E-state index is 0.253. The second kappa shape index (κ2) is 5.85. The minimum atomic E-state index is 0.253. The molecule has 0 spiro atoms. The van der Waals surface area contributed by atoms with E-state index < -0.39 is 0 Å². The van der Waals surface area contributed by atoms with Crippen LogP contribution < -0.4 is 4.90 Å². The average molecular weight is 327 g/mol. The molecule has 0 bridgehead atoms. The molecule has 4 heterocycles. The van der Waals surface area contributed by atoms with E-state index in [0.717, 1.165) is 43.3 Å². The zero-order valence-corrected chi connectivity index (χ0v) is 14.2. The summed E-state index contributed by atoms with van der Waals surface area (Å²) in [6, 6.07) is 2.06. The van der Waals surface area contributed by atoms with Crippen LogP contribution in [0.15, 0.2) is 16.9 Å². The van der Waals surface area contributed by atoms with Gasteiger partial charge in [0.15, 0.2) is 5.82 Å². The van der Waals surface area contributed by atoms with Crippen molar-refractivity contribution in [1.82, 2.24) is 29.7 Å². The van der Waals surface area contributed by atoms with Crippen molar-refractivity contribution in [3.05, 3.63) is 29.8 Å². The lowest BCUT2D eigenvalue weighted by Gasteiger charge is -2.32. The first kappa shape index (κ1) is 15.0. The molecule has 24 heavy (non-hydrogen) atoms. The van der Waals surface area contributed by atoms with E-state index >= 15 is 0 Å². The van der Waals surface area contributed by atoms with Crippen LogP contribution in [0.5, 0.6) is 0 Å². The Bertz CT molecular complexity index is 853. The Morgan fingerprint density at radius 3 is 2.96 bits per heavy atom. The zero-order valence-electron chi connectivity index (χ0n) is 14.2. The van der Waals surface area contributed by atoms with E-state index in [0.29, 0.717) is 11.7 Å². The highest BCUT2D eigenvalue weighted by Gasteiger charge is 2.27. The summed E-state index contributed by atoms with van der Waals surface area (Å²) >= 11 is 0. The fourth-order valence-electron chi connectivity index (χ4n) is 3.18. The van der Waals surface area contributed by atoms with Gasteiger partial charge in [0.1, 0.15) is 12.1 Å². The van der Waals surface area contributed by atoms with Gasteiger partial charge in [-0.1, -0.05) is 19.0 Å². The van der Waals surface area contributed by atoms with Gasteiger partial charge in [-0.2, -0.15) is 19.6 Å². The van der Waals surface area contributed by atoms with E-state index in [1.54, 1.807) is 10.8 Å². The van der Waals surface area contributed by atoms with Crippen molar-refractivity contribution in [2.24, 2.45) is 0 Å². The normalized spacial score (nSPS) is 18.7. The van der Waals surface area contributed by atoms with Gasteiger partial charge in [0.2, 0.25) is 5.89 Å². The number of aromatic nitrogens is 6. The highest BCUT2D eigenvalue weighted by molar-refractivity contribution is 5.47. The number of fused-ring (bicyclic) bond motifs is 1. The maximum absolute atomic E-state index is 5.38. The third-order valence-electron chi connectivity index (χ3n) is 4.42. The van der Waals surface area contributed by atoms with Gasteiger partial charge in [-0.25, -0.2) is 4.98 Å². The van der Waals surface area contributed by atoms with E-state index in [1.165, 1.54) is 0 Å². The molecular weight excluding hydrogens is 306 g/mol. The summed E-state index contributed by atoms with van der Waals surface area (Å²) in [5.41, 5.74) is 0.939. The van der Waals surface area contributed by atoms with Crippen molar-refractivity contribution in [1.29, 1.82) is 0 Å². The van der Waals surface area contributed by atoms with E-state index in [1.807, 2.05) is 6.92 Å². The molecular formula is C16H21N7O. The fraction of sp³-hybridized carbons (Fsp3) is 0.562. The summed E-state index contributed by atoms with van der Waals surface area (Å²) in [5, 5.41) is 8.51. The highest BCUT2D eigenvalue weighted by Crippen LogP contribution is 2.29. The van der Waals surface area contributed by atoms with Crippen LogP contribution in [0.4, 0.5) is 5.82 Å². The Morgan fingerprint density at radius 1 is 1.29 bits per heavy atom. The van der Waals surface area contributed by atoms with E-state index in [9.17, 15) is 0 Å². The molecule has 8 heteroatoms. The van der Waals surface area contributed by atoms with Crippen molar-refractivity contribution >= 4 is 11.6 Å². The molecule has 1 saturated heterocycles. The summed E-state index contributed by atoms with van der Waals surface area (Å²) < 4.78 is 7.18. The molecule has 3 aromatic heterocycles. The van der Waals surface area contributed by atoms with Crippen LogP contribution in [0.3, 0.4) is 0 Å². The van der Waals surface area contributed by atoms with Crippen LogP contribution in [0.2, 0.25) is 0 Å². The number of piperidine rings is 1. The molecule has 0 radical (unpaired) electrons. The van der Waals surface area contributed by atoms with Gasteiger partial charge in [0.05, 0.1) is 0 Å². The molecule has 1 atom stereocenters. The highest BCUT2D eigenvalue weighted by atomic mass is 16.5. The number of hydrogen-bond acceptors (Lipinski definition) is 7. The Hall–Kier alpha value is -2.51. The summed E-state index contributed by atoms with van der Waals surface area (Å²) in [4.78, 5) is 15.5. The molecule has 126 valence electrons. The first-order valence-corrected chi connectivity index (χ1v) is 8.37. The van der Waals surface area contributed by atoms with Gasteiger partial charge in [0.25, 0.3) is 5.78 Å². The van der Waals surface area contributed by atoms with Crippen molar-refractivity contribution in [3.8, 4) is 0 Å². The summed E-state index contributed by atoms with van der Waals surface area (Å²) in [6.45, 7) is 7.92. The first-order chi connectivity index (χ1) is 11.6. The third-order valence-corrected chi connectivity index (χ3v) is 4.42. The molecule has 1 aliphatic heterocycles. The summed E-state index contributed by atoms with van der Waals surface area (Å²) in [7, 11) is 0. The Kier molecular flexibility index (Phi) is 3.66. The van der Waals surface area contributed by atoms with Crippen LogP contribution in [-0.4, -0.2) is 42.8 Å². The predicted molar refractivity (Wildman–Crippen MR) is 88.1 cm³/mol. The molecule has 0 N–H and O–H groups in total. The maximum Gasteiger partial charge on any atom is 0.254 e. The number of hydrogen-bond donors (Lipinski definition) is 0. The number of rotatable bonds is 3. The lowest BCUT2D eigenvalue weighted by atomic mass is 9.97.